The molecule has 0 atom stereocenters. The van der Waals surface area contributed by atoms with Crippen LogP contribution in [0.2, 0.25) is 0 Å². The Morgan fingerprint density at radius 2 is 2.11 bits per heavy atom. The van der Waals surface area contributed by atoms with Crippen molar-refractivity contribution in [2.45, 2.75) is 58.5 Å². The second-order valence-electron chi connectivity index (χ2n) is 5.20. The first-order valence-electron chi connectivity index (χ1n) is 6.73. The molecule has 0 radical (unpaired) electrons. The Kier molecular flexibility index (Phi) is 4.28. The van der Waals surface area contributed by atoms with Crippen molar-refractivity contribution in [1.82, 2.24) is 25.5 Å². The summed E-state index contributed by atoms with van der Waals surface area (Å²) in [7, 11) is 0. The fourth-order valence-corrected chi connectivity index (χ4v) is 2.31. The Morgan fingerprint density at radius 1 is 1.39 bits per heavy atom. The zero-order chi connectivity index (χ0) is 13.0. The molecule has 0 bridgehead atoms. The number of carbonyl (C=O) groups is 1. The Balaban J connectivity index is 1.96. The highest BCUT2D eigenvalue weighted by atomic mass is 16.1. The van der Waals surface area contributed by atoms with Crippen LogP contribution in [0.4, 0.5) is 0 Å². The van der Waals surface area contributed by atoms with Gasteiger partial charge in [-0.2, -0.15) is 0 Å². The zero-order valence-corrected chi connectivity index (χ0v) is 11.1. The van der Waals surface area contributed by atoms with Gasteiger partial charge in [0.05, 0.1) is 12.6 Å². The van der Waals surface area contributed by atoms with Gasteiger partial charge in [0, 0.05) is 5.92 Å². The van der Waals surface area contributed by atoms with Gasteiger partial charge in [0.15, 0.2) is 5.82 Å². The molecule has 6 nitrogen and oxygen atoms in total. The highest BCUT2D eigenvalue weighted by Gasteiger charge is 2.20. The molecule has 100 valence electrons. The predicted molar refractivity (Wildman–Crippen MR) is 66.6 cm³/mol. The van der Waals surface area contributed by atoms with Gasteiger partial charge >= 0.3 is 0 Å². The molecule has 2 rings (SSSR count). The number of hydrogen-bond acceptors (Lipinski definition) is 4. The number of amides is 1. The topological polar surface area (TPSA) is 72.7 Å². The van der Waals surface area contributed by atoms with Crippen LogP contribution in [-0.2, 0) is 11.3 Å². The van der Waals surface area contributed by atoms with Gasteiger partial charge in [0.25, 0.3) is 0 Å². The third kappa shape index (κ3) is 3.05. The van der Waals surface area contributed by atoms with Gasteiger partial charge in [0.1, 0.15) is 0 Å². The minimum absolute atomic E-state index is 0.0102. The highest BCUT2D eigenvalue weighted by Crippen LogP contribution is 2.27. The SMILES string of the molecule is CC(C)C(=O)NCc1nnnn1C1CCCCC1. The summed E-state index contributed by atoms with van der Waals surface area (Å²) in [5, 5.41) is 14.7. The van der Waals surface area contributed by atoms with Crippen LogP contribution in [0.1, 0.15) is 57.8 Å². The molecule has 18 heavy (non-hydrogen) atoms. The van der Waals surface area contributed by atoms with E-state index < -0.39 is 0 Å². The summed E-state index contributed by atoms with van der Waals surface area (Å²) >= 11 is 0. The number of nitrogens with zero attached hydrogens (tertiary/aromatic N) is 4. The van der Waals surface area contributed by atoms with Gasteiger partial charge in [-0.25, -0.2) is 4.68 Å². The average Bonchev–Trinajstić information content (AvgIpc) is 2.85. The van der Waals surface area contributed by atoms with Gasteiger partial charge < -0.3 is 5.32 Å². The first-order valence-corrected chi connectivity index (χ1v) is 6.73. The largest absolute Gasteiger partial charge is 0.349 e. The maximum absolute atomic E-state index is 11.5. The van der Waals surface area contributed by atoms with Crippen molar-refractivity contribution in [3.8, 4) is 0 Å². The molecule has 1 aromatic heterocycles. The molecular formula is C12H21N5O. The number of nitrogens with one attached hydrogen (secondary N) is 1. The molecule has 1 N–H and O–H groups in total. The van der Waals surface area contributed by atoms with Crippen LogP contribution in [0.15, 0.2) is 0 Å². The van der Waals surface area contributed by atoms with Crippen molar-refractivity contribution >= 4 is 5.91 Å². The maximum Gasteiger partial charge on any atom is 0.222 e. The number of carbonyl (C=O) groups excluding carboxylic acids is 1. The van der Waals surface area contributed by atoms with Crippen molar-refractivity contribution in [3.63, 3.8) is 0 Å². The zero-order valence-electron chi connectivity index (χ0n) is 11.1. The van der Waals surface area contributed by atoms with E-state index in [-0.39, 0.29) is 11.8 Å². The van der Waals surface area contributed by atoms with Crippen LogP contribution in [0, 0.1) is 5.92 Å². The monoisotopic (exact) mass is 251 g/mol. The van der Waals surface area contributed by atoms with E-state index in [0.29, 0.717) is 12.6 Å². The lowest BCUT2D eigenvalue weighted by molar-refractivity contribution is -0.124. The van der Waals surface area contributed by atoms with E-state index in [1.807, 2.05) is 18.5 Å². The van der Waals surface area contributed by atoms with Crippen molar-refractivity contribution in [2.75, 3.05) is 0 Å². The summed E-state index contributed by atoms with van der Waals surface area (Å²) < 4.78 is 1.89. The van der Waals surface area contributed by atoms with E-state index in [4.69, 9.17) is 0 Å². The summed E-state index contributed by atoms with van der Waals surface area (Å²) in [5.74, 6) is 0.785. The first kappa shape index (κ1) is 13.0. The van der Waals surface area contributed by atoms with E-state index in [2.05, 4.69) is 20.8 Å². The molecular weight excluding hydrogens is 230 g/mol. The summed E-state index contributed by atoms with van der Waals surface area (Å²) in [6.07, 6.45) is 6.05. The molecule has 0 aliphatic heterocycles. The number of tetrazole rings is 1. The maximum atomic E-state index is 11.5. The standard InChI is InChI=1S/C12H21N5O/c1-9(2)12(18)13-8-11-14-15-16-17(11)10-6-4-3-5-7-10/h9-10H,3-8H2,1-2H3,(H,13,18). The highest BCUT2D eigenvalue weighted by molar-refractivity contribution is 5.77. The molecule has 1 saturated carbocycles. The van der Waals surface area contributed by atoms with Crippen LogP contribution in [0.3, 0.4) is 0 Å². The van der Waals surface area contributed by atoms with Gasteiger partial charge in [-0.15, -0.1) is 5.10 Å². The van der Waals surface area contributed by atoms with Crippen LogP contribution in [-0.4, -0.2) is 26.1 Å². The minimum atomic E-state index is -0.0102. The molecule has 6 heteroatoms. The molecule has 1 aliphatic carbocycles. The Morgan fingerprint density at radius 3 is 2.78 bits per heavy atom. The fraction of sp³-hybridized carbons (Fsp3) is 0.833. The fourth-order valence-electron chi connectivity index (χ4n) is 2.31. The van der Waals surface area contributed by atoms with E-state index in [1.165, 1.54) is 19.3 Å². The molecule has 0 spiro atoms. The number of hydrogen-bond donors (Lipinski definition) is 1. The molecule has 1 aromatic rings. The molecule has 1 aliphatic rings. The summed E-state index contributed by atoms with van der Waals surface area (Å²) in [5.41, 5.74) is 0. The third-order valence-corrected chi connectivity index (χ3v) is 3.43. The Bertz CT molecular complexity index is 395. The average molecular weight is 251 g/mol. The summed E-state index contributed by atoms with van der Waals surface area (Å²) in [6, 6.07) is 0.403. The molecule has 0 saturated heterocycles. The van der Waals surface area contributed by atoms with Crippen LogP contribution in [0.25, 0.3) is 0 Å². The molecule has 1 heterocycles. The van der Waals surface area contributed by atoms with Gasteiger partial charge in [0.2, 0.25) is 5.91 Å². The van der Waals surface area contributed by atoms with E-state index in [1.54, 1.807) is 0 Å². The van der Waals surface area contributed by atoms with Gasteiger partial charge in [-0.1, -0.05) is 33.1 Å². The lowest BCUT2D eigenvalue weighted by Crippen LogP contribution is -2.29. The second-order valence-corrected chi connectivity index (χ2v) is 5.20. The summed E-state index contributed by atoms with van der Waals surface area (Å²) in [6.45, 7) is 4.17. The van der Waals surface area contributed by atoms with Crippen molar-refractivity contribution < 1.29 is 4.79 Å². The lowest BCUT2D eigenvalue weighted by Gasteiger charge is -2.22. The third-order valence-electron chi connectivity index (χ3n) is 3.43. The Hall–Kier alpha value is -1.46. The summed E-state index contributed by atoms with van der Waals surface area (Å²) in [4.78, 5) is 11.5. The van der Waals surface area contributed by atoms with Crippen LogP contribution < -0.4 is 5.32 Å². The van der Waals surface area contributed by atoms with Crippen molar-refractivity contribution in [3.05, 3.63) is 5.82 Å². The van der Waals surface area contributed by atoms with E-state index in [9.17, 15) is 4.79 Å². The van der Waals surface area contributed by atoms with Crippen molar-refractivity contribution in [1.29, 1.82) is 0 Å². The minimum Gasteiger partial charge on any atom is -0.349 e. The molecule has 1 amide bonds. The lowest BCUT2D eigenvalue weighted by atomic mass is 9.95. The smallest absolute Gasteiger partial charge is 0.222 e. The van der Waals surface area contributed by atoms with E-state index in [0.717, 1.165) is 18.7 Å². The van der Waals surface area contributed by atoms with Crippen LogP contribution in [0.5, 0.6) is 0 Å². The van der Waals surface area contributed by atoms with Crippen molar-refractivity contribution in [2.24, 2.45) is 5.92 Å². The van der Waals surface area contributed by atoms with Gasteiger partial charge in [-0.3, -0.25) is 4.79 Å². The molecule has 0 unspecified atom stereocenters. The Labute approximate surface area is 107 Å². The molecule has 0 aromatic carbocycles. The molecule has 1 fully saturated rings. The van der Waals surface area contributed by atoms with Crippen LogP contribution >= 0.6 is 0 Å². The number of rotatable bonds is 4. The number of aromatic nitrogens is 4. The normalized spacial score (nSPS) is 17.1. The van der Waals surface area contributed by atoms with Gasteiger partial charge in [-0.05, 0) is 23.3 Å². The quantitative estimate of drug-likeness (QED) is 0.879. The van der Waals surface area contributed by atoms with E-state index >= 15 is 0 Å². The second kappa shape index (κ2) is 5.93. The first-order chi connectivity index (χ1) is 8.68. The predicted octanol–water partition coefficient (Wildman–Crippen LogP) is 1.45.